The van der Waals surface area contributed by atoms with E-state index in [4.69, 9.17) is 5.11 Å². The minimum atomic E-state index is -0.281. The van der Waals surface area contributed by atoms with E-state index in [9.17, 15) is 4.79 Å². The van der Waals surface area contributed by atoms with Gasteiger partial charge in [0.05, 0.1) is 19.3 Å². The summed E-state index contributed by atoms with van der Waals surface area (Å²) in [6.07, 6.45) is 1.81. The van der Waals surface area contributed by atoms with E-state index in [-0.39, 0.29) is 18.2 Å². The van der Waals surface area contributed by atoms with Crippen molar-refractivity contribution >= 4 is 17.2 Å². The van der Waals surface area contributed by atoms with E-state index in [1.54, 1.807) is 0 Å². The summed E-state index contributed by atoms with van der Waals surface area (Å²) in [6.45, 7) is 0.446. The largest absolute Gasteiger partial charge is 0.395 e. The number of rotatable bonds is 4. The molecule has 1 amide bonds. The van der Waals surface area contributed by atoms with Crippen LogP contribution in [-0.4, -0.2) is 33.0 Å². The predicted octanol–water partition coefficient (Wildman–Crippen LogP) is 0.530. The Kier molecular flexibility index (Phi) is 4.66. The first kappa shape index (κ1) is 13.3. The lowest BCUT2D eigenvalue weighted by molar-refractivity contribution is 0.0946. The molecule has 0 aliphatic heterocycles. The summed E-state index contributed by atoms with van der Waals surface area (Å²) in [6, 6.07) is 1.90. The SMILES string of the molecule is O=C(NCc1sccc1C#CCCO)c1cn[nH]n1. The number of aromatic amines is 1. The van der Waals surface area contributed by atoms with E-state index in [0.717, 1.165) is 10.4 Å². The number of hydrogen-bond donors (Lipinski definition) is 3. The molecule has 2 heterocycles. The number of aromatic nitrogens is 3. The normalized spacial score (nSPS) is 9.74. The van der Waals surface area contributed by atoms with E-state index in [1.165, 1.54) is 17.5 Å². The highest BCUT2D eigenvalue weighted by molar-refractivity contribution is 7.10. The number of amides is 1. The summed E-state index contributed by atoms with van der Waals surface area (Å²) in [5.74, 6) is 5.55. The minimum absolute atomic E-state index is 0.0510. The third-order valence-corrected chi connectivity index (χ3v) is 3.18. The molecule has 0 fully saturated rings. The Bertz CT molecular complexity index is 595. The van der Waals surface area contributed by atoms with Crippen molar-refractivity contribution in [2.75, 3.05) is 6.61 Å². The molecule has 2 rings (SSSR count). The van der Waals surface area contributed by atoms with Gasteiger partial charge in [0.25, 0.3) is 5.91 Å². The van der Waals surface area contributed by atoms with Crippen molar-refractivity contribution in [2.24, 2.45) is 0 Å². The summed E-state index contributed by atoms with van der Waals surface area (Å²) < 4.78 is 0. The van der Waals surface area contributed by atoms with Gasteiger partial charge in [-0.2, -0.15) is 15.4 Å². The fourth-order valence-electron chi connectivity index (χ4n) is 1.36. The van der Waals surface area contributed by atoms with Crippen LogP contribution < -0.4 is 5.32 Å². The van der Waals surface area contributed by atoms with Crippen molar-refractivity contribution in [1.29, 1.82) is 0 Å². The number of nitrogens with zero attached hydrogens (tertiary/aromatic N) is 2. The molecule has 6 nitrogen and oxygen atoms in total. The van der Waals surface area contributed by atoms with E-state index in [0.29, 0.717) is 13.0 Å². The van der Waals surface area contributed by atoms with Crippen LogP contribution >= 0.6 is 11.3 Å². The van der Waals surface area contributed by atoms with Gasteiger partial charge in [-0.3, -0.25) is 4.79 Å². The summed E-state index contributed by atoms with van der Waals surface area (Å²) in [5, 5.41) is 23.0. The smallest absolute Gasteiger partial charge is 0.273 e. The summed E-state index contributed by atoms with van der Waals surface area (Å²) >= 11 is 1.52. The summed E-state index contributed by atoms with van der Waals surface area (Å²) in [7, 11) is 0. The molecular formula is C12H12N4O2S. The number of aliphatic hydroxyl groups is 1. The Hall–Kier alpha value is -2.17. The highest BCUT2D eigenvalue weighted by Crippen LogP contribution is 2.15. The Morgan fingerprint density at radius 2 is 2.47 bits per heavy atom. The van der Waals surface area contributed by atoms with Crippen LogP contribution in [0.5, 0.6) is 0 Å². The number of thiophene rings is 1. The van der Waals surface area contributed by atoms with Crippen molar-refractivity contribution < 1.29 is 9.90 Å². The van der Waals surface area contributed by atoms with E-state index >= 15 is 0 Å². The van der Waals surface area contributed by atoms with Gasteiger partial charge < -0.3 is 10.4 Å². The zero-order chi connectivity index (χ0) is 13.5. The maximum absolute atomic E-state index is 11.7. The quantitative estimate of drug-likeness (QED) is 0.710. The first-order chi connectivity index (χ1) is 9.31. The molecule has 2 aromatic rings. The molecule has 3 N–H and O–H groups in total. The number of hydrogen-bond acceptors (Lipinski definition) is 5. The molecule has 0 atom stereocenters. The van der Waals surface area contributed by atoms with Crippen LogP contribution in [0, 0.1) is 11.8 Å². The number of carbonyl (C=O) groups excluding carboxylic acids is 1. The minimum Gasteiger partial charge on any atom is -0.395 e. The van der Waals surface area contributed by atoms with Gasteiger partial charge >= 0.3 is 0 Å². The number of H-pyrrole nitrogens is 1. The second kappa shape index (κ2) is 6.68. The van der Waals surface area contributed by atoms with Gasteiger partial charge in [-0.15, -0.1) is 11.3 Å². The number of aliphatic hydroxyl groups excluding tert-OH is 1. The highest BCUT2D eigenvalue weighted by Gasteiger charge is 2.09. The van der Waals surface area contributed by atoms with Crippen LogP contribution in [0.3, 0.4) is 0 Å². The average molecular weight is 276 g/mol. The molecule has 0 unspecified atom stereocenters. The zero-order valence-corrected chi connectivity index (χ0v) is 10.8. The highest BCUT2D eigenvalue weighted by atomic mass is 32.1. The third kappa shape index (κ3) is 3.64. The molecule has 19 heavy (non-hydrogen) atoms. The van der Waals surface area contributed by atoms with Gasteiger partial charge in [0, 0.05) is 16.9 Å². The van der Waals surface area contributed by atoms with Crippen LogP contribution in [-0.2, 0) is 6.54 Å². The molecule has 0 spiro atoms. The van der Waals surface area contributed by atoms with Crippen LogP contribution in [0.1, 0.15) is 27.3 Å². The Morgan fingerprint density at radius 1 is 1.58 bits per heavy atom. The molecule has 0 saturated carbocycles. The van der Waals surface area contributed by atoms with Gasteiger partial charge in [-0.1, -0.05) is 11.8 Å². The monoisotopic (exact) mass is 276 g/mol. The standard InChI is InChI=1S/C12H12N4O2S/c17-5-2-1-3-9-4-6-19-11(9)8-13-12(18)10-7-14-16-15-10/h4,6-7,17H,2,5,8H2,(H,13,18)(H,14,15,16). The maximum Gasteiger partial charge on any atom is 0.273 e. The Morgan fingerprint density at radius 3 is 3.21 bits per heavy atom. The van der Waals surface area contributed by atoms with Gasteiger partial charge in [-0.25, -0.2) is 0 Å². The summed E-state index contributed by atoms with van der Waals surface area (Å²) in [4.78, 5) is 12.6. The molecule has 0 aliphatic rings. The van der Waals surface area contributed by atoms with Crippen molar-refractivity contribution in [1.82, 2.24) is 20.7 Å². The fraction of sp³-hybridized carbons (Fsp3) is 0.250. The van der Waals surface area contributed by atoms with Crippen molar-refractivity contribution in [3.05, 3.63) is 33.8 Å². The van der Waals surface area contributed by atoms with Gasteiger partial charge in [0.1, 0.15) is 0 Å². The van der Waals surface area contributed by atoms with Gasteiger partial charge in [0.2, 0.25) is 0 Å². The first-order valence-electron chi connectivity index (χ1n) is 5.61. The zero-order valence-electron chi connectivity index (χ0n) is 10.0. The number of carbonyl (C=O) groups is 1. The van der Waals surface area contributed by atoms with Gasteiger partial charge in [0.15, 0.2) is 5.69 Å². The Labute approximate surface area is 113 Å². The molecule has 0 aromatic carbocycles. The number of nitrogens with one attached hydrogen (secondary N) is 2. The first-order valence-corrected chi connectivity index (χ1v) is 6.49. The van der Waals surface area contributed by atoms with Crippen molar-refractivity contribution in [3.8, 4) is 11.8 Å². The Balaban J connectivity index is 1.95. The lowest BCUT2D eigenvalue weighted by atomic mass is 10.2. The lowest BCUT2D eigenvalue weighted by Crippen LogP contribution is -2.23. The topological polar surface area (TPSA) is 90.9 Å². The van der Waals surface area contributed by atoms with E-state index in [2.05, 4.69) is 32.6 Å². The molecule has 0 saturated heterocycles. The molecule has 2 aromatic heterocycles. The summed E-state index contributed by atoms with van der Waals surface area (Å²) in [5.41, 5.74) is 1.13. The fourth-order valence-corrected chi connectivity index (χ4v) is 2.13. The average Bonchev–Trinajstić information content (AvgIpc) is 3.08. The molecular weight excluding hydrogens is 264 g/mol. The van der Waals surface area contributed by atoms with Crippen LogP contribution in [0.25, 0.3) is 0 Å². The molecule has 0 radical (unpaired) electrons. The van der Waals surface area contributed by atoms with E-state index < -0.39 is 0 Å². The predicted molar refractivity (Wildman–Crippen MR) is 70.5 cm³/mol. The molecule has 0 bridgehead atoms. The maximum atomic E-state index is 11.7. The second-order valence-corrected chi connectivity index (χ2v) is 4.57. The molecule has 0 aliphatic carbocycles. The molecule has 7 heteroatoms. The lowest BCUT2D eigenvalue weighted by Gasteiger charge is -2.01. The molecule has 98 valence electrons. The van der Waals surface area contributed by atoms with Crippen LogP contribution in [0.4, 0.5) is 0 Å². The van der Waals surface area contributed by atoms with Crippen molar-refractivity contribution in [3.63, 3.8) is 0 Å². The second-order valence-electron chi connectivity index (χ2n) is 3.57. The van der Waals surface area contributed by atoms with E-state index in [1.807, 2.05) is 11.4 Å². The third-order valence-electron chi connectivity index (χ3n) is 2.26. The van der Waals surface area contributed by atoms with Crippen LogP contribution in [0.15, 0.2) is 17.6 Å². The van der Waals surface area contributed by atoms with Gasteiger partial charge in [-0.05, 0) is 11.4 Å². The van der Waals surface area contributed by atoms with Crippen molar-refractivity contribution in [2.45, 2.75) is 13.0 Å². The van der Waals surface area contributed by atoms with Crippen LogP contribution in [0.2, 0.25) is 0 Å².